The van der Waals surface area contributed by atoms with Crippen LogP contribution < -0.4 is 0 Å². The van der Waals surface area contributed by atoms with Gasteiger partial charge in [0.15, 0.2) is 0 Å². The molecule has 3 aromatic heterocycles. The van der Waals surface area contributed by atoms with Crippen molar-refractivity contribution in [2.75, 3.05) is 0 Å². The molecule has 1 aromatic carbocycles. The number of aromatic amines is 1. The zero-order valence-corrected chi connectivity index (χ0v) is 15.3. The summed E-state index contributed by atoms with van der Waals surface area (Å²) in [5, 5.41) is 11.2. The van der Waals surface area contributed by atoms with Gasteiger partial charge >= 0.3 is 0 Å². The Hall–Kier alpha value is -3.21. The monoisotopic (exact) mass is 344 g/mol. The highest BCUT2D eigenvalue weighted by molar-refractivity contribution is 5.91. The van der Waals surface area contributed by atoms with Crippen LogP contribution in [0.4, 0.5) is 0 Å². The van der Waals surface area contributed by atoms with Crippen LogP contribution in [0, 0.1) is 27.7 Å². The minimum absolute atomic E-state index is 0.302. The SMILES string of the molecule is Cc1ncc(-c2cc3c(C)c(-c4c(C)ccc(O)c4C)cnc3[nH]2)cn1. The van der Waals surface area contributed by atoms with Gasteiger partial charge in [-0.3, -0.25) is 0 Å². The van der Waals surface area contributed by atoms with Crippen molar-refractivity contribution in [3.05, 3.63) is 59.3 Å². The standard InChI is InChI=1S/C21H20N4O/c1-11-5-6-19(26)13(3)20(11)17-10-24-21-16(12(17)2)7-18(25-21)15-8-22-14(4)23-9-15/h5-10,26H,1-4H3,(H,24,25). The van der Waals surface area contributed by atoms with E-state index in [1.807, 2.05) is 38.5 Å². The van der Waals surface area contributed by atoms with Crippen LogP contribution >= 0.6 is 0 Å². The lowest BCUT2D eigenvalue weighted by molar-refractivity contribution is 0.471. The van der Waals surface area contributed by atoms with E-state index in [1.54, 1.807) is 6.07 Å². The highest BCUT2D eigenvalue weighted by Gasteiger charge is 2.15. The number of hydrogen-bond donors (Lipinski definition) is 2. The van der Waals surface area contributed by atoms with Crippen molar-refractivity contribution in [2.24, 2.45) is 0 Å². The largest absolute Gasteiger partial charge is 0.508 e. The van der Waals surface area contributed by atoms with E-state index in [0.717, 1.165) is 55.9 Å². The van der Waals surface area contributed by atoms with Crippen molar-refractivity contribution in [1.82, 2.24) is 19.9 Å². The zero-order valence-electron chi connectivity index (χ0n) is 15.3. The predicted octanol–water partition coefficient (Wildman–Crippen LogP) is 4.63. The fourth-order valence-electron chi connectivity index (χ4n) is 3.39. The highest BCUT2D eigenvalue weighted by atomic mass is 16.3. The van der Waals surface area contributed by atoms with Gasteiger partial charge in [0, 0.05) is 35.1 Å². The lowest BCUT2D eigenvalue weighted by atomic mass is 9.92. The van der Waals surface area contributed by atoms with Crippen molar-refractivity contribution in [3.8, 4) is 28.1 Å². The smallest absolute Gasteiger partial charge is 0.138 e. The fourth-order valence-corrected chi connectivity index (χ4v) is 3.39. The predicted molar refractivity (Wildman–Crippen MR) is 103 cm³/mol. The van der Waals surface area contributed by atoms with Gasteiger partial charge in [0.25, 0.3) is 0 Å². The first-order valence-corrected chi connectivity index (χ1v) is 8.52. The van der Waals surface area contributed by atoms with Crippen LogP contribution in [0.5, 0.6) is 5.75 Å². The molecule has 4 rings (SSSR count). The number of benzene rings is 1. The maximum atomic E-state index is 10.1. The summed E-state index contributed by atoms with van der Waals surface area (Å²) < 4.78 is 0. The first kappa shape index (κ1) is 16.3. The summed E-state index contributed by atoms with van der Waals surface area (Å²) in [6.07, 6.45) is 5.50. The number of rotatable bonds is 2. The normalized spacial score (nSPS) is 11.2. The molecule has 4 aromatic rings. The zero-order chi connectivity index (χ0) is 18.4. The third-order valence-electron chi connectivity index (χ3n) is 4.93. The third kappa shape index (κ3) is 2.52. The molecule has 0 unspecified atom stereocenters. The van der Waals surface area contributed by atoms with Gasteiger partial charge in [0.2, 0.25) is 0 Å². The summed E-state index contributed by atoms with van der Waals surface area (Å²) in [6, 6.07) is 5.76. The van der Waals surface area contributed by atoms with E-state index in [-0.39, 0.29) is 0 Å². The molecule has 130 valence electrons. The summed E-state index contributed by atoms with van der Waals surface area (Å²) in [6.45, 7) is 7.95. The van der Waals surface area contributed by atoms with E-state index in [9.17, 15) is 5.11 Å². The van der Waals surface area contributed by atoms with Crippen molar-refractivity contribution in [2.45, 2.75) is 27.7 Å². The van der Waals surface area contributed by atoms with Crippen molar-refractivity contribution in [1.29, 1.82) is 0 Å². The van der Waals surface area contributed by atoms with Crippen LogP contribution in [0.25, 0.3) is 33.4 Å². The lowest BCUT2D eigenvalue weighted by Crippen LogP contribution is -1.93. The Bertz CT molecular complexity index is 1130. The van der Waals surface area contributed by atoms with E-state index in [2.05, 4.69) is 39.8 Å². The van der Waals surface area contributed by atoms with E-state index in [4.69, 9.17) is 0 Å². The molecule has 26 heavy (non-hydrogen) atoms. The molecule has 0 aliphatic heterocycles. The average Bonchev–Trinajstić information content (AvgIpc) is 3.06. The fraction of sp³-hybridized carbons (Fsp3) is 0.190. The summed E-state index contributed by atoms with van der Waals surface area (Å²) in [4.78, 5) is 16.5. The van der Waals surface area contributed by atoms with Crippen LogP contribution in [0.3, 0.4) is 0 Å². The quantitative estimate of drug-likeness (QED) is 0.556. The number of H-pyrrole nitrogens is 1. The number of nitrogens with zero attached hydrogens (tertiary/aromatic N) is 3. The first-order valence-electron chi connectivity index (χ1n) is 8.52. The topological polar surface area (TPSA) is 74.7 Å². The number of aromatic hydroxyl groups is 1. The molecule has 2 N–H and O–H groups in total. The summed E-state index contributed by atoms with van der Waals surface area (Å²) in [5.41, 5.74) is 7.90. The summed E-state index contributed by atoms with van der Waals surface area (Å²) in [7, 11) is 0. The average molecular weight is 344 g/mol. The molecule has 0 spiro atoms. The van der Waals surface area contributed by atoms with E-state index in [0.29, 0.717) is 5.75 Å². The maximum absolute atomic E-state index is 10.1. The van der Waals surface area contributed by atoms with E-state index in [1.165, 1.54) is 0 Å². The maximum Gasteiger partial charge on any atom is 0.138 e. The van der Waals surface area contributed by atoms with E-state index < -0.39 is 0 Å². The van der Waals surface area contributed by atoms with Gasteiger partial charge in [-0.1, -0.05) is 6.07 Å². The summed E-state index contributed by atoms with van der Waals surface area (Å²) in [5.74, 6) is 1.05. The van der Waals surface area contributed by atoms with Gasteiger partial charge in [0.1, 0.15) is 17.2 Å². The molecule has 0 bridgehead atoms. The molecule has 0 fully saturated rings. The van der Waals surface area contributed by atoms with Crippen LogP contribution in [0.2, 0.25) is 0 Å². The van der Waals surface area contributed by atoms with Gasteiger partial charge in [-0.05, 0) is 62.1 Å². The van der Waals surface area contributed by atoms with Crippen LogP contribution in [0.1, 0.15) is 22.5 Å². The van der Waals surface area contributed by atoms with Gasteiger partial charge in [-0.25, -0.2) is 15.0 Å². The summed E-state index contributed by atoms with van der Waals surface area (Å²) >= 11 is 0. The highest BCUT2D eigenvalue weighted by Crippen LogP contribution is 2.37. The van der Waals surface area contributed by atoms with Gasteiger partial charge < -0.3 is 10.1 Å². The van der Waals surface area contributed by atoms with Crippen molar-refractivity contribution < 1.29 is 5.11 Å². The molecular weight excluding hydrogens is 324 g/mol. The minimum atomic E-state index is 0.302. The van der Waals surface area contributed by atoms with Crippen LogP contribution in [-0.4, -0.2) is 25.0 Å². The second-order valence-corrected chi connectivity index (χ2v) is 6.66. The minimum Gasteiger partial charge on any atom is -0.508 e. The first-order chi connectivity index (χ1) is 12.5. The Balaban J connectivity index is 1.91. The van der Waals surface area contributed by atoms with Crippen molar-refractivity contribution >= 4 is 11.0 Å². The molecule has 0 aliphatic carbocycles. The Morgan fingerprint density at radius 3 is 2.35 bits per heavy atom. The molecule has 0 saturated heterocycles. The molecule has 3 heterocycles. The molecule has 0 radical (unpaired) electrons. The molecule has 0 aliphatic rings. The molecule has 0 saturated carbocycles. The number of aromatic nitrogens is 4. The van der Waals surface area contributed by atoms with Gasteiger partial charge in [0.05, 0.1) is 5.69 Å². The molecule has 0 amide bonds. The Morgan fingerprint density at radius 2 is 1.62 bits per heavy atom. The number of nitrogens with one attached hydrogen (secondary N) is 1. The number of aryl methyl sites for hydroxylation is 3. The molecular formula is C21H20N4O. The van der Waals surface area contributed by atoms with E-state index >= 15 is 0 Å². The Labute approximate surface area is 151 Å². The van der Waals surface area contributed by atoms with Crippen LogP contribution in [-0.2, 0) is 0 Å². The second-order valence-electron chi connectivity index (χ2n) is 6.66. The van der Waals surface area contributed by atoms with Gasteiger partial charge in [-0.15, -0.1) is 0 Å². The van der Waals surface area contributed by atoms with Crippen molar-refractivity contribution in [3.63, 3.8) is 0 Å². The number of pyridine rings is 1. The van der Waals surface area contributed by atoms with Crippen LogP contribution in [0.15, 0.2) is 36.8 Å². The Morgan fingerprint density at radius 1 is 0.885 bits per heavy atom. The molecule has 5 nitrogen and oxygen atoms in total. The number of hydrogen-bond acceptors (Lipinski definition) is 4. The Kier molecular flexibility index (Phi) is 3.72. The number of fused-ring (bicyclic) bond motifs is 1. The molecule has 0 atom stereocenters. The third-order valence-corrected chi connectivity index (χ3v) is 4.93. The number of phenols is 1. The lowest BCUT2D eigenvalue weighted by Gasteiger charge is -2.14. The van der Waals surface area contributed by atoms with Gasteiger partial charge in [-0.2, -0.15) is 0 Å². The number of phenolic OH excluding ortho intramolecular Hbond substituents is 1. The molecule has 5 heteroatoms. The second kappa shape index (κ2) is 5.95.